The average Bonchev–Trinajstić information content (AvgIpc) is 2.73. The van der Waals surface area contributed by atoms with E-state index in [1.54, 1.807) is 0 Å². The van der Waals surface area contributed by atoms with Crippen LogP contribution in [0.15, 0.2) is 18.3 Å². The predicted octanol–water partition coefficient (Wildman–Crippen LogP) is 8.08. The fourth-order valence-electron chi connectivity index (χ4n) is 5.72. The van der Waals surface area contributed by atoms with E-state index < -0.39 is 0 Å². The first-order valence-corrected chi connectivity index (χ1v) is 12.2. The molecule has 0 spiro atoms. The summed E-state index contributed by atoms with van der Waals surface area (Å²) >= 11 is 0. The Hall–Kier alpha value is -0.850. The predicted molar refractivity (Wildman–Crippen MR) is 117 cm³/mol. The molecule has 1 heteroatoms. The van der Waals surface area contributed by atoms with Crippen LogP contribution in [-0.2, 0) is 6.42 Å². The number of rotatable bonds is 9. The summed E-state index contributed by atoms with van der Waals surface area (Å²) in [6.07, 6.45) is 23.4. The molecule has 0 atom stereocenters. The standard InChI is InChI=1S/C26H43N/c1-3-5-7-9-21-10-13-23(14-11-21)24-15-17-25(18-16-24)26-19-12-22(20-27-26)8-6-4-2/h12,19-21,23-25H,3-11,13-18H2,1-2H3. The van der Waals surface area contributed by atoms with Crippen LogP contribution in [0, 0.1) is 17.8 Å². The van der Waals surface area contributed by atoms with Crippen molar-refractivity contribution in [1.82, 2.24) is 4.98 Å². The van der Waals surface area contributed by atoms with Gasteiger partial charge in [0.25, 0.3) is 0 Å². The number of aryl methyl sites for hydroxylation is 1. The van der Waals surface area contributed by atoms with E-state index >= 15 is 0 Å². The van der Waals surface area contributed by atoms with Crippen molar-refractivity contribution in [1.29, 1.82) is 0 Å². The van der Waals surface area contributed by atoms with Crippen molar-refractivity contribution in [3.8, 4) is 0 Å². The van der Waals surface area contributed by atoms with Crippen LogP contribution < -0.4 is 0 Å². The number of pyridine rings is 1. The van der Waals surface area contributed by atoms with Crippen LogP contribution in [0.1, 0.15) is 121 Å². The molecule has 0 aromatic carbocycles. The molecular formula is C26H43N. The molecule has 2 aliphatic rings. The number of unbranched alkanes of at least 4 members (excludes halogenated alkanes) is 3. The maximum atomic E-state index is 4.84. The van der Waals surface area contributed by atoms with Gasteiger partial charge in [0, 0.05) is 17.8 Å². The van der Waals surface area contributed by atoms with E-state index in [4.69, 9.17) is 4.98 Å². The molecule has 2 fully saturated rings. The molecule has 1 heterocycles. The first-order valence-electron chi connectivity index (χ1n) is 12.2. The Balaban J connectivity index is 1.39. The Bertz CT molecular complexity index is 504. The molecule has 0 unspecified atom stereocenters. The first kappa shape index (κ1) is 20.9. The van der Waals surface area contributed by atoms with E-state index in [2.05, 4.69) is 32.2 Å². The number of nitrogens with zero attached hydrogens (tertiary/aromatic N) is 1. The number of aromatic nitrogens is 1. The van der Waals surface area contributed by atoms with Crippen molar-refractivity contribution < 1.29 is 0 Å². The summed E-state index contributed by atoms with van der Waals surface area (Å²) in [7, 11) is 0. The van der Waals surface area contributed by atoms with Gasteiger partial charge < -0.3 is 0 Å². The van der Waals surface area contributed by atoms with Crippen LogP contribution >= 0.6 is 0 Å². The van der Waals surface area contributed by atoms with Gasteiger partial charge in [0.1, 0.15) is 0 Å². The number of hydrogen-bond donors (Lipinski definition) is 0. The van der Waals surface area contributed by atoms with E-state index in [0.717, 1.165) is 23.7 Å². The summed E-state index contributed by atoms with van der Waals surface area (Å²) in [4.78, 5) is 4.84. The zero-order chi connectivity index (χ0) is 18.9. The highest BCUT2D eigenvalue weighted by Gasteiger charge is 2.31. The third-order valence-electron chi connectivity index (χ3n) is 7.63. The molecule has 1 aromatic heterocycles. The Morgan fingerprint density at radius 3 is 2.04 bits per heavy atom. The van der Waals surface area contributed by atoms with Crippen LogP contribution in [0.3, 0.4) is 0 Å². The second-order valence-electron chi connectivity index (χ2n) is 9.58. The normalized spacial score (nSPS) is 29.0. The third-order valence-corrected chi connectivity index (χ3v) is 7.63. The molecule has 27 heavy (non-hydrogen) atoms. The summed E-state index contributed by atoms with van der Waals surface area (Å²) < 4.78 is 0. The second-order valence-corrected chi connectivity index (χ2v) is 9.58. The smallest absolute Gasteiger partial charge is 0.0434 e. The van der Waals surface area contributed by atoms with Crippen molar-refractivity contribution in [2.24, 2.45) is 17.8 Å². The molecule has 0 bridgehead atoms. The molecule has 2 saturated carbocycles. The van der Waals surface area contributed by atoms with Gasteiger partial charge in [-0.25, -0.2) is 0 Å². The molecule has 0 saturated heterocycles. The molecule has 1 nitrogen and oxygen atoms in total. The average molecular weight is 370 g/mol. The van der Waals surface area contributed by atoms with E-state index in [1.807, 2.05) is 0 Å². The third kappa shape index (κ3) is 6.33. The highest BCUT2D eigenvalue weighted by molar-refractivity contribution is 5.17. The van der Waals surface area contributed by atoms with Gasteiger partial charge in [0.2, 0.25) is 0 Å². The quantitative estimate of drug-likeness (QED) is 0.401. The van der Waals surface area contributed by atoms with E-state index in [-0.39, 0.29) is 0 Å². The van der Waals surface area contributed by atoms with E-state index in [0.29, 0.717) is 0 Å². The van der Waals surface area contributed by atoms with Crippen LogP contribution in [0.2, 0.25) is 0 Å². The fraction of sp³-hybridized carbons (Fsp3) is 0.808. The Morgan fingerprint density at radius 1 is 0.778 bits per heavy atom. The first-order chi connectivity index (χ1) is 13.3. The lowest BCUT2D eigenvalue weighted by molar-refractivity contribution is 0.155. The topological polar surface area (TPSA) is 12.9 Å². The highest BCUT2D eigenvalue weighted by Crippen LogP contribution is 2.44. The van der Waals surface area contributed by atoms with Gasteiger partial charge in [-0.05, 0) is 80.8 Å². The molecule has 2 aliphatic carbocycles. The van der Waals surface area contributed by atoms with Gasteiger partial charge in [-0.1, -0.05) is 64.9 Å². The van der Waals surface area contributed by atoms with E-state index in [1.165, 1.54) is 108 Å². The maximum absolute atomic E-state index is 4.84. The molecule has 1 aromatic rings. The SMILES string of the molecule is CCCCCC1CCC(C2CCC(c3ccc(CCCC)cn3)CC2)CC1. The van der Waals surface area contributed by atoms with Gasteiger partial charge >= 0.3 is 0 Å². The van der Waals surface area contributed by atoms with Gasteiger partial charge in [0.05, 0.1) is 0 Å². The van der Waals surface area contributed by atoms with Gasteiger partial charge in [-0.15, -0.1) is 0 Å². The van der Waals surface area contributed by atoms with Gasteiger partial charge in [-0.2, -0.15) is 0 Å². The fourth-order valence-corrected chi connectivity index (χ4v) is 5.72. The van der Waals surface area contributed by atoms with E-state index in [9.17, 15) is 0 Å². The van der Waals surface area contributed by atoms with Crippen molar-refractivity contribution >= 4 is 0 Å². The lowest BCUT2D eigenvalue weighted by Gasteiger charge is -2.38. The Kier molecular flexibility index (Phi) is 8.68. The zero-order valence-corrected chi connectivity index (χ0v) is 18.1. The van der Waals surface area contributed by atoms with Gasteiger partial charge in [-0.3, -0.25) is 4.98 Å². The summed E-state index contributed by atoms with van der Waals surface area (Å²) in [6, 6.07) is 4.67. The lowest BCUT2D eigenvalue weighted by Crippen LogP contribution is -2.25. The van der Waals surface area contributed by atoms with Crippen LogP contribution in [0.25, 0.3) is 0 Å². The Morgan fingerprint density at radius 2 is 1.44 bits per heavy atom. The van der Waals surface area contributed by atoms with Crippen molar-refractivity contribution in [2.45, 2.75) is 116 Å². The largest absolute Gasteiger partial charge is 0.261 e. The zero-order valence-electron chi connectivity index (χ0n) is 18.1. The minimum absolute atomic E-state index is 0.729. The van der Waals surface area contributed by atoms with Gasteiger partial charge in [0.15, 0.2) is 0 Å². The van der Waals surface area contributed by atoms with Crippen LogP contribution in [-0.4, -0.2) is 4.98 Å². The molecule has 3 rings (SSSR count). The van der Waals surface area contributed by atoms with Crippen molar-refractivity contribution in [2.75, 3.05) is 0 Å². The second kappa shape index (κ2) is 11.2. The molecule has 152 valence electrons. The summed E-state index contributed by atoms with van der Waals surface area (Å²) in [5.74, 6) is 3.84. The molecule has 0 aliphatic heterocycles. The van der Waals surface area contributed by atoms with Crippen molar-refractivity contribution in [3.05, 3.63) is 29.6 Å². The van der Waals surface area contributed by atoms with Crippen molar-refractivity contribution in [3.63, 3.8) is 0 Å². The minimum atomic E-state index is 0.729. The molecule has 0 amide bonds. The number of hydrogen-bond acceptors (Lipinski definition) is 1. The summed E-state index contributed by atoms with van der Waals surface area (Å²) in [5, 5.41) is 0. The molecule has 0 radical (unpaired) electrons. The highest BCUT2D eigenvalue weighted by atomic mass is 14.7. The maximum Gasteiger partial charge on any atom is 0.0434 e. The Labute approximate surface area is 168 Å². The monoisotopic (exact) mass is 369 g/mol. The minimum Gasteiger partial charge on any atom is -0.261 e. The van der Waals surface area contributed by atoms with Crippen LogP contribution in [0.4, 0.5) is 0 Å². The lowest BCUT2D eigenvalue weighted by atomic mass is 9.68. The summed E-state index contributed by atoms with van der Waals surface area (Å²) in [5.41, 5.74) is 2.79. The molecule has 0 N–H and O–H groups in total. The summed E-state index contributed by atoms with van der Waals surface area (Å²) in [6.45, 7) is 4.59. The van der Waals surface area contributed by atoms with Crippen LogP contribution in [0.5, 0.6) is 0 Å². The molecular weight excluding hydrogens is 326 g/mol.